The number of ether oxygens (including phenoxy) is 1. The van der Waals surface area contributed by atoms with Gasteiger partial charge in [0.25, 0.3) is 5.91 Å². The third-order valence-corrected chi connectivity index (χ3v) is 4.24. The summed E-state index contributed by atoms with van der Waals surface area (Å²) in [5.41, 5.74) is 3.25. The van der Waals surface area contributed by atoms with E-state index < -0.39 is 0 Å². The Hall–Kier alpha value is -2.93. The molecule has 1 aromatic carbocycles. The molecule has 0 aliphatic carbocycles. The second kappa shape index (κ2) is 6.90. The third-order valence-electron chi connectivity index (χ3n) is 4.24. The minimum Gasteiger partial charge on any atom is -0.378 e. The molecule has 3 aromatic rings. The molecule has 1 amide bonds. The number of carbonyl (C=O) groups is 1. The van der Waals surface area contributed by atoms with Crippen molar-refractivity contribution in [3.63, 3.8) is 0 Å². The first kappa shape index (κ1) is 15.6. The summed E-state index contributed by atoms with van der Waals surface area (Å²) in [6.07, 6.45) is 3.29. The fourth-order valence-electron chi connectivity index (χ4n) is 2.86. The van der Waals surface area contributed by atoms with Gasteiger partial charge in [-0.1, -0.05) is 12.1 Å². The zero-order valence-corrected chi connectivity index (χ0v) is 13.8. The minimum atomic E-state index is -0.206. The van der Waals surface area contributed by atoms with Crippen molar-refractivity contribution in [3.8, 4) is 0 Å². The number of anilines is 1. The van der Waals surface area contributed by atoms with Gasteiger partial charge in [-0.05, 0) is 29.8 Å². The van der Waals surface area contributed by atoms with Crippen LogP contribution in [0.5, 0.6) is 0 Å². The molecule has 0 radical (unpaired) electrons. The van der Waals surface area contributed by atoms with E-state index in [1.165, 1.54) is 5.69 Å². The van der Waals surface area contributed by atoms with Crippen LogP contribution in [0.3, 0.4) is 0 Å². The van der Waals surface area contributed by atoms with Gasteiger partial charge in [0.1, 0.15) is 5.69 Å². The largest absolute Gasteiger partial charge is 0.378 e. The lowest BCUT2D eigenvalue weighted by Crippen LogP contribution is -2.36. The lowest BCUT2D eigenvalue weighted by atomic mass is 10.2. The van der Waals surface area contributed by atoms with E-state index in [-0.39, 0.29) is 5.91 Å². The molecule has 4 rings (SSSR count). The fraction of sp³-hybridized carbons (Fsp3) is 0.278. The number of morpholine rings is 1. The van der Waals surface area contributed by atoms with Crippen LogP contribution in [-0.4, -0.2) is 46.8 Å². The van der Waals surface area contributed by atoms with Gasteiger partial charge in [0.15, 0.2) is 5.65 Å². The molecule has 0 atom stereocenters. The minimum absolute atomic E-state index is 0.206. The molecule has 3 heterocycles. The van der Waals surface area contributed by atoms with Gasteiger partial charge in [0.05, 0.1) is 19.4 Å². The topological polar surface area (TPSA) is 71.8 Å². The van der Waals surface area contributed by atoms with E-state index in [4.69, 9.17) is 4.74 Å². The predicted molar refractivity (Wildman–Crippen MR) is 93.6 cm³/mol. The summed E-state index contributed by atoms with van der Waals surface area (Å²) in [6.45, 7) is 3.83. The van der Waals surface area contributed by atoms with Crippen molar-refractivity contribution in [3.05, 3.63) is 60.0 Å². The number of aromatic nitrogens is 3. The molecule has 1 aliphatic heterocycles. The Morgan fingerprint density at radius 2 is 1.96 bits per heavy atom. The first-order chi connectivity index (χ1) is 12.3. The number of rotatable bonds is 4. The third kappa shape index (κ3) is 3.46. The molecule has 2 aromatic heterocycles. The van der Waals surface area contributed by atoms with E-state index in [1.807, 2.05) is 18.2 Å². The first-order valence-corrected chi connectivity index (χ1v) is 8.30. The summed E-state index contributed by atoms with van der Waals surface area (Å²) in [7, 11) is 0. The van der Waals surface area contributed by atoms with Crippen molar-refractivity contribution in [2.24, 2.45) is 0 Å². The van der Waals surface area contributed by atoms with E-state index in [0.29, 0.717) is 17.9 Å². The molecular weight excluding hydrogens is 318 g/mol. The highest BCUT2D eigenvalue weighted by molar-refractivity contribution is 5.92. The lowest BCUT2D eigenvalue weighted by Gasteiger charge is -2.28. The van der Waals surface area contributed by atoms with Crippen LogP contribution < -0.4 is 10.2 Å². The van der Waals surface area contributed by atoms with Crippen molar-refractivity contribution < 1.29 is 9.53 Å². The maximum atomic E-state index is 12.3. The number of carbonyl (C=O) groups excluding carboxylic acids is 1. The van der Waals surface area contributed by atoms with Gasteiger partial charge in [-0.3, -0.25) is 4.79 Å². The second-order valence-electron chi connectivity index (χ2n) is 5.90. The highest BCUT2D eigenvalue weighted by atomic mass is 16.5. The number of hydrogen-bond donors (Lipinski definition) is 1. The van der Waals surface area contributed by atoms with Crippen molar-refractivity contribution in [1.82, 2.24) is 19.9 Å². The van der Waals surface area contributed by atoms with Crippen LogP contribution in [0.15, 0.2) is 48.8 Å². The monoisotopic (exact) mass is 337 g/mol. The molecule has 0 bridgehead atoms. The highest BCUT2D eigenvalue weighted by Gasteiger charge is 2.12. The Morgan fingerprint density at radius 1 is 1.16 bits per heavy atom. The van der Waals surface area contributed by atoms with Gasteiger partial charge < -0.3 is 15.0 Å². The van der Waals surface area contributed by atoms with E-state index in [1.54, 1.807) is 23.0 Å². The van der Waals surface area contributed by atoms with E-state index in [0.717, 1.165) is 31.9 Å². The molecule has 0 unspecified atom stereocenters. The van der Waals surface area contributed by atoms with Gasteiger partial charge in [-0.2, -0.15) is 5.10 Å². The summed E-state index contributed by atoms with van der Waals surface area (Å²) in [6, 6.07) is 11.9. The second-order valence-corrected chi connectivity index (χ2v) is 5.90. The zero-order valence-electron chi connectivity index (χ0n) is 13.8. The summed E-state index contributed by atoms with van der Waals surface area (Å²) >= 11 is 0. The Labute approximate surface area is 145 Å². The molecule has 0 saturated carbocycles. The van der Waals surface area contributed by atoms with Crippen LogP contribution >= 0.6 is 0 Å². The van der Waals surface area contributed by atoms with E-state index in [9.17, 15) is 4.79 Å². The molecule has 0 spiro atoms. The molecular formula is C18H19N5O2. The average Bonchev–Trinajstić information content (AvgIpc) is 3.11. The Balaban J connectivity index is 1.38. The summed E-state index contributed by atoms with van der Waals surface area (Å²) in [5.74, 6) is -0.206. The number of nitrogens with zero attached hydrogens (tertiary/aromatic N) is 4. The van der Waals surface area contributed by atoms with Crippen LogP contribution in [-0.2, 0) is 11.3 Å². The SMILES string of the molecule is O=C(NCc1ccc(N2CCOCC2)cc1)c1cn2ncccc2n1. The van der Waals surface area contributed by atoms with Crippen LogP contribution in [0, 0.1) is 0 Å². The number of amides is 1. The summed E-state index contributed by atoms with van der Waals surface area (Å²) < 4.78 is 6.96. The number of benzene rings is 1. The molecule has 25 heavy (non-hydrogen) atoms. The Kier molecular flexibility index (Phi) is 4.30. The fourth-order valence-corrected chi connectivity index (χ4v) is 2.86. The van der Waals surface area contributed by atoms with Crippen LogP contribution in [0.4, 0.5) is 5.69 Å². The predicted octanol–water partition coefficient (Wildman–Crippen LogP) is 1.50. The molecule has 7 heteroatoms. The Morgan fingerprint density at radius 3 is 2.72 bits per heavy atom. The normalized spacial score (nSPS) is 14.6. The first-order valence-electron chi connectivity index (χ1n) is 8.30. The van der Waals surface area contributed by atoms with Crippen LogP contribution in [0.25, 0.3) is 5.65 Å². The van der Waals surface area contributed by atoms with Crippen LogP contribution in [0.1, 0.15) is 16.1 Å². The smallest absolute Gasteiger partial charge is 0.271 e. The van der Waals surface area contributed by atoms with E-state index in [2.05, 4.69) is 32.4 Å². The lowest BCUT2D eigenvalue weighted by molar-refractivity contribution is 0.0946. The quantitative estimate of drug-likeness (QED) is 0.781. The number of imidazole rings is 1. The standard InChI is InChI=1S/C18H19N5O2/c24-18(16-13-23-17(21-16)2-1-7-20-23)19-12-14-3-5-15(6-4-14)22-8-10-25-11-9-22/h1-7,13H,8-12H2,(H,19,24). The zero-order chi connectivity index (χ0) is 17.1. The maximum Gasteiger partial charge on any atom is 0.271 e. The molecule has 1 saturated heterocycles. The molecule has 1 N–H and O–H groups in total. The molecule has 1 fully saturated rings. The number of nitrogens with one attached hydrogen (secondary N) is 1. The maximum absolute atomic E-state index is 12.3. The number of hydrogen-bond acceptors (Lipinski definition) is 5. The molecule has 1 aliphatic rings. The van der Waals surface area contributed by atoms with Crippen molar-refractivity contribution in [2.75, 3.05) is 31.2 Å². The Bertz CT molecular complexity index is 836. The number of fused-ring (bicyclic) bond motifs is 1. The summed E-state index contributed by atoms with van der Waals surface area (Å²) in [4.78, 5) is 18.8. The van der Waals surface area contributed by atoms with Gasteiger partial charge in [0, 0.05) is 31.5 Å². The highest BCUT2D eigenvalue weighted by Crippen LogP contribution is 2.16. The molecule has 128 valence electrons. The van der Waals surface area contributed by atoms with E-state index >= 15 is 0 Å². The van der Waals surface area contributed by atoms with Gasteiger partial charge in [-0.15, -0.1) is 0 Å². The van der Waals surface area contributed by atoms with Crippen molar-refractivity contribution in [1.29, 1.82) is 0 Å². The van der Waals surface area contributed by atoms with Crippen molar-refractivity contribution in [2.45, 2.75) is 6.54 Å². The van der Waals surface area contributed by atoms with Crippen molar-refractivity contribution >= 4 is 17.2 Å². The van der Waals surface area contributed by atoms with Gasteiger partial charge in [-0.25, -0.2) is 9.50 Å². The average molecular weight is 337 g/mol. The van der Waals surface area contributed by atoms with Gasteiger partial charge in [0.2, 0.25) is 0 Å². The van der Waals surface area contributed by atoms with Crippen LogP contribution in [0.2, 0.25) is 0 Å². The van der Waals surface area contributed by atoms with Gasteiger partial charge >= 0.3 is 0 Å². The summed E-state index contributed by atoms with van der Waals surface area (Å²) in [5, 5.41) is 7.02. The molecule has 7 nitrogen and oxygen atoms in total.